The number of hydrogen-bond donors (Lipinski definition) is 2. The van der Waals surface area contributed by atoms with Crippen LogP contribution in [-0.4, -0.2) is 36.5 Å². The van der Waals surface area contributed by atoms with Crippen LogP contribution in [0.2, 0.25) is 0 Å². The van der Waals surface area contributed by atoms with Crippen LogP contribution in [-0.2, 0) is 4.79 Å². The minimum Gasteiger partial charge on any atom is -0.494 e. The molecule has 0 radical (unpaired) electrons. The lowest BCUT2D eigenvalue weighted by molar-refractivity contribution is -0.118. The minimum atomic E-state index is -0.600. The van der Waals surface area contributed by atoms with Crippen molar-refractivity contribution in [2.45, 2.75) is 26.3 Å². The summed E-state index contributed by atoms with van der Waals surface area (Å²) in [6, 6.07) is 13.9. The van der Waals surface area contributed by atoms with E-state index in [2.05, 4.69) is 10.6 Å². The normalized spacial score (nSPS) is 11.5. The van der Waals surface area contributed by atoms with Gasteiger partial charge in [-0.2, -0.15) is 11.8 Å². The van der Waals surface area contributed by atoms with Crippen LogP contribution >= 0.6 is 11.8 Å². The van der Waals surface area contributed by atoms with Gasteiger partial charge >= 0.3 is 0 Å². The van der Waals surface area contributed by atoms with Crippen LogP contribution in [0, 0.1) is 6.92 Å². The molecule has 0 aromatic heterocycles. The van der Waals surface area contributed by atoms with Crippen LogP contribution in [0.15, 0.2) is 48.5 Å². The van der Waals surface area contributed by atoms with Crippen molar-refractivity contribution in [3.8, 4) is 5.75 Å². The Labute approximate surface area is 164 Å². The molecule has 27 heavy (non-hydrogen) atoms. The fourth-order valence-electron chi connectivity index (χ4n) is 2.56. The monoisotopic (exact) mass is 386 g/mol. The van der Waals surface area contributed by atoms with E-state index < -0.39 is 6.04 Å². The van der Waals surface area contributed by atoms with E-state index in [-0.39, 0.29) is 11.8 Å². The summed E-state index contributed by atoms with van der Waals surface area (Å²) >= 11 is 1.64. The van der Waals surface area contributed by atoms with E-state index in [1.807, 2.05) is 38.3 Å². The molecule has 1 unspecified atom stereocenters. The Morgan fingerprint density at radius 3 is 2.52 bits per heavy atom. The van der Waals surface area contributed by atoms with Crippen molar-refractivity contribution in [2.75, 3.05) is 23.9 Å². The van der Waals surface area contributed by atoms with Gasteiger partial charge in [0.1, 0.15) is 11.8 Å². The SMILES string of the molecule is CCOc1ccc(NC(=O)C(CCSC)NC(=O)c2cccc(C)c2)cc1. The molecule has 0 aliphatic heterocycles. The van der Waals surface area contributed by atoms with Crippen LogP contribution in [0.25, 0.3) is 0 Å². The first-order chi connectivity index (χ1) is 13.0. The van der Waals surface area contributed by atoms with Crippen LogP contribution in [0.4, 0.5) is 5.69 Å². The van der Waals surface area contributed by atoms with Crippen LogP contribution < -0.4 is 15.4 Å². The van der Waals surface area contributed by atoms with Crippen molar-refractivity contribution in [1.29, 1.82) is 0 Å². The fraction of sp³-hybridized carbons (Fsp3) is 0.333. The molecule has 2 amide bonds. The molecule has 2 aromatic rings. The summed E-state index contributed by atoms with van der Waals surface area (Å²) in [5.41, 5.74) is 2.22. The van der Waals surface area contributed by atoms with Crippen molar-refractivity contribution in [3.05, 3.63) is 59.7 Å². The standard InChI is InChI=1S/C21H26N2O3S/c1-4-26-18-10-8-17(9-11-18)22-21(25)19(12-13-27-3)23-20(24)16-7-5-6-15(2)14-16/h5-11,14,19H,4,12-13H2,1-3H3,(H,22,25)(H,23,24). The van der Waals surface area contributed by atoms with Gasteiger partial charge in [0.15, 0.2) is 0 Å². The average molecular weight is 387 g/mol. The van der Waals surface area contributed by atoms with Crippen LogP contribution in [0.1, 0.15) is 29.3 Å². The van der Waals surface area contributed by atoms with Crippen LogP contribution in [0.5, 0.6) is 5.75 Å². The Morgan fingerprint density at radius 2 is 1.89 bits per heavy atom. The molecule has 0 heterocycles. The number of carbonyl (C=O) groups is 2. The number of thioether (sulfide) groups is 1. The van der Waals surface area contributed by atoms with E-state index in [0.717, 1.165) is 17.1 Å². The number of nitrogens with one attached hydrogen (secondary N) is 2. The number of carbonyl (C=O) groups excluding carboxylic acids is 2. The number of anilines is 1. The fourth-order valence-corrected chi connectivity index (χ4v) is 3.03. The Hall–Kier alpha value is -2.47. The van der Waals surface area contributed by atoms with Gasteiger partial charge in [0.2, 0.25) is 5.91 Å². The number of rotatable bonds is 9. The molecule has 2 N–H and O–H groups in total. The summed E-state index contributed by atoms with van der Waals surface area (Å²) in [4.78, 5) is 25.2. The summed E-state index contributed by atoms with van der Waals surface area (Å²) in [5, 5.41) is 5.73. The molecule has 0 saturated carbocycles. The highest BCUT2D eigenvalue weighted by Crippen LogP contribution is 2.16. The third kappa shape index (κ3) is 6.64. The first-order valence-corrected chi connectivity index (χ1v) is 10.3. The topological polar surface area (TPSA) is 67.4 Å². The maximum atomic E-state index is 12.7. The second-order valence-electron chi connectivity index (χ2n) is 6.12. The Balaban J connectivity index is 2.05. The summed E-state index contributed by atoms with van der Waals surface area (Å²) < 4.78 is 5.41. The van der Waals surface area contributed by atoms with Gasteiger partial charge in [0.05, 0.1) is 6.61 Å². The second-order valence-corrected chi connectivity index (χ2v) is 7.11. The van der Waals surface area contributed by atoms with Gasteiger partial charge in [-0.05, 0) is 68.7 Å². The van der Waals surface area contributed by atoms with E-state index in [9.17, 15) is 9.59 Å². The number of benzene rings is 2. The highest BCUT2D eigenvalue weighted by molar-refractivity contribution is 7.98. The molecule has 0 spiro atoms. The molecule has 5 nitrogen and oxygen atoms in total. The average Bonchev–Trinajstić information content (AvgIpc) is 2.66. The van der Waals surface area contributed by atoms with E-state index in [1.54, 1.807) is 42.1 Å². The van der Waals surface area contributed by atoms with Gasteiger partial charge in [-0.3, -0.25) is 9.59 Å². The predicted octanol–water partition coefficient (Wildman–Crippen LogP) is 3.88. The number of aryl methyl sites for hydroxylation is 1. The molecule has 0 saturated heterocycles. The molecule has 6 heteroatoms. The Morgan fingerprint density at radius 1 is 1.15 bits per heavy atom. The molecule has 0 bridgehead atoms. The van der Waals surface area contributed by atoms with Crippen molar-refractivity contribution in [3.63, 3.8) is 0 Å². The van der Waals surface area contributed by atoms with Gasteiger partial charge in [-0.15, -0.1) is 0 Å². The lowest BCUT2D eigenvalue weighted by atomic mass is 10.1. The largest absolute Gasteiger partial charge is 0.494 e. The van der Waals surface area contributed by atoms with Crippen molar-refractivity contribution in [1.82, 2.24) is 5.32 Å². The molecule has 1 atom stereocenters. The van der Waals surface area contributed by atoms with Crippen LogP contribution in [0.3, 0.4) is 0 Å². The summed E-state index contributed by atoms with van der Waals surface area (Å²) in [7, 11) is 0. The van der Waals surface area contributed by atoms with Gasteiger partial charge in [0.25, 0.3) is 5.91 Å². The van der Waals surface area contributed by atoms with E-state index >= 15 is 0 Å². The molecule has 144 valence electrons. The van der Waals surface area contributed by atoms with Gasteiger partial charge in [0, 0.05) is 11.3 Å². The van der Waals surface area contributed by atoms with Crippen molar-refractivity contribution in [2.24, 2.45) is 0 Å². The lowest BCUT2D eigenvalue weighted by Gasteiger charge is -2.18. The summed E-state index contributed by atoms with van der Waals surface area (Å²) in [5.74, 6) is 1.05. The zero-order valence-electron chi connectivity index (χ0n) is 16.0. The lowest BCUT2D eigenvalue weighted by Crippen LogP contribution is -2.44. The minimum absolute atomic E-state index is 0.228. The van der Waals surface area contributed by atoms with Gasteiger partial charge < -0.3 is 15.4 Å². The highest BCUT2D eigenvalue weighted by Gasteiger charge is 2.21. The van der Waals surface area contributed by atoms with Gasteiger partial charge in [-0.1, -0.05) is 17.7 Å². The zero-order valence-corrected chi connectivity index (χ0v) is 16.8. The zero-order chi connectivity index (χ0) is 19.6. The summed E-state index contributed by atoms with van der Waals surface area (Å²) in [6.07, 6.45) is 2.53. The maximum Gasteiger partial charge on any atom is 0.251 e. The summed E-state index contributed by atoms with van der Waals surface area (Å²) in [6.45, 7) is 4.44. The van der Waals surface area contributed by atoms with E-state index in [4.69, 9.17) is 4.74 Å². The molecule has 0 aliphatic rings. The first kappa shape index (κ1) is 20.8. The Kier molecular flexibility index (Phi) is 8.20. The van der Waals surface area contributed by atoms with E-state index in [0.29, 0.717) is 24.3 Å². The Bertz CT molecular complexity index is 762. The molecule has 0 aliphatic carbocycles. The molecule has 2 aromatic carbocycles. The molecular weight excluding hydrogens is 360 g/mol. The van der Waals surface area contributed by atoms with Crippen molar-refractivity contribution >= 4 is 29.3 Å². The number of hydrogen-bond acceptors (Lipinski definition) is 4. The second kappa shape index (κ2) is 10.6. The predicted molar refractivity (Wildman–Crippen MR) is 112 cm³/mol. The maximum absolute atomic E-state index is 12.7. The molecular formula is C21H26N2O3S. The quantitative estimate of drug-likeness (QED) is 0.686. The van der Waals surface area contributed by atoms with Crippen molar-refractivity contribution < 1.29 is 14.3 Å². The molecule has 2 rings (SSSR count). The first-order valence-electron chi connectivity index (χ1n) is 8.93. The molecule has 0 fully saturated rings. The number of amides is 2. The van der Waals surface area contributed by atoms with Gasteiger partial charge in [-0.25, -0.2) is 0 Å². The third-order valence-corrected chi connectivity index (χ3v) is 4.59. The smallest absolute Gasteiger partial charge is 0.251 e. The third-order valence-electron chi connectivity index (χ3n) is 3.95. The number of ether oxygens (including phenoxy) is 1. The highest BCUT2D eigenvalue weighted by atomic mass is 32.2. The van der Waals surface area contributed by atoms with E-state index in [1.165, 1.54) is 0 Å².